The summed E-state index contributed by atoms with van der Waals surface area (Å²) >= 11 is 0. The Hall–Kier alpha value is -3.00. The second kappa shape index (κ2) is 7.71. The van der Waals surface area contributed by atoms with Crippen molar-refractivity contribution in [2.24, 2.45) is 0 Å². The van der Waals surface area contributed by atoms with Crippen molar-refractivity contribution in [3.8, 4) is 11.8 Å². The van der Waals surface area contributed by atoms with Crippen LogP contribution in [0.15, 0.2) is 48.5 Å². The molecule has 0 N–H and O–H groups in total. The molecule has 25 heavy (non-hydrogen) atoms. The first kappa shape index (κ1) is 16.8. The predicted molar refractivity (Wildman–Crippen MR) is 96.6 cm³/mol. The number of carbonyl (C=O) groups excluding carboxylic acids is 1. The van der Waals surface area contributed by atoms with Gasteiger partial charge in [-0.1, -0.05) is 29.8 Å². The molecule has 2 aromatic carbocycles. The van der Waals surface area contributed by atoms with Crippen LogP contribution in [0.3, 0.4) is 0 Å². The summed E-state index contributed by atoms with van der Waals surface area (Å²) in [5, 5.41) is 9.23. The fourth-order valence-corrected chi connectivity index (χ4v) is 2.91. The number of hydrogen-bond acceptors (Lipinski definition) is 4. The number of ether oxygens (including phenoxy) is 1. The molecule has 0 aromatic heterocycles. The Morgan fingerprint density at radius 3 is 2.44 bits per heavy atom. The highest BCUT2D eigenvalue weighted by Crippen LogP contribution is 2.21. The van der Waals surface area contributed by atoms with E-state index in [0.717, 1.165) is 24.3 Å². The summed E-state index contributed by atoms with van der Waals surface area (Å²) in [5.74, 6) is 0.703. The van der Waals surface area contributed by atoms with E-state index < -0.39 is 0 Å². The molecule has 0 unspecified atom stereocenters. The fraction of sp³-hybridized carbons (Fsp3) is 0.300. The minimum atomic E-state index is -0.00575. The lowest BCUT2D eigenvalue weighted by atomic mass is 10.1. The van der Waals surface area contributed by atoms with Crippen LogP contribution in [-0.2, 0) is 4.79 Å². The zero-order chi connectivity index (χ0) is 17.6. The Kier molecular flexibility index (Phi) is 5.20. The highest BCUT2D eigenvalue weighted by Gasteiger charge is 2.22. The summed E-state index contributed by atoms with van der Waals surface area (Å²) in [6.07, 6.45) is 0. The minimum Gasteiger partial charge on any atom is -0.484 e. The molecule has 2 aromatic rings. The molecule has 128 valence electrons. The van der Waals surface area contributed by atoms with Crippen molar-refractivity contribution in [3.05, 3.63) is 59.7 Å². The maximum atomic E-state index is 12.3. The van der Waals surface area contributed by atoms with Gasteiger partial charge >= 0.3 is 0 Å². The van der Waals surface area contributed by atoms with E-state index in [2.05, 4.69) is 11.0 Å². The van der Waals surface area contributed by atoms with Gasteiger partial charge in [-0.05, 0) is 31.2 Å². The van der Waals surface area contributed by atoms with Gasteiger partial charge in [-0.3, -0.25) is 4.79 Å². The Morgan fingerprint density at radius 1 is 1.08 bits per heavy atom. The van der Waals surface area contributed by atoms with E-state index in [1.54, 1.807) is 0 Å². The van der Waals surface area contributed by atoms with Gasteiger partial charge in [0, 0.05) is 26.2 Å². The van der Waals surface area contributed by atoms with Gasteiger partial charge in [0.1, 0.15) is 11.8 Å². The first-order valence-corrected chi connectivity index (χ1v) is 8.38. The van der Waals surface area contributed by atoms with E-state index in [9.17, 15) is 10.1 Å². The Balaban J connectivity index is 1.52. The molecule has 3 rings (SSSR count). The molecule has 5 heteroatoms. The van der Waals surface area contributed by atoms with Crippen LogP contribution in [0.5, 0.6) is 5.75 Å². The second-order valence-corrected chi connectivity index (χ2v) is 6.10. The largest absolute Gasteiger partial charge is 0.484 e. The van der Waals surface area contributed by atoms with Crippen molar-refractivity contribution in [1.29, 1.82) is 5.26 Å². The number of hydrogen-bond donors (Lipinski definition) is 0. The monoisotopic (exact) mass is 335 g/mol. The molecule has 1 saturated heterocycles. The van der Waals surface area contributed by atoms with Crippen LogP contribution in [0, 0.1) is 18.3 Å². The Morgan fingerprint density at radius 2 is 1.76 bits per heavy atom. The average molecular weight is 335 g/mol. The number of benzene rings is 2. The smallest absolute Gasteiger partial charge is 0.260 e. The summed E-state index contributed by atoms with van der Waals surface area (Å²) in [5.41, 5.74) is 2.77. The van der Waals surface area contributed by atoms with Gasteiger partial charge in [-0.2, -0.15) is 5.26 Å². The van der Waals surface area contributed by atoms with Crippen molar-refractivity contribution >= 4 is 11.6 Å². The number of aryl methyl sites for hydroxylation is 1. The summed E-state index contributed by atoms with van der Waals surface area (Å²) in [7, 11) is 0. The maximum Gasteiger partial charge on any atom is 0.260 e. The van der Waals surface area contributed by atoms with Crippen molar-refractivity contribution in [2.75, 3.05) is 37.7 Å². The van der Waals surface area contributed by atoms with Gasteiger partial charge in [0.25, 0.3) is 5.91 Å². The number of piperazine rings is 1. The van der Waals surface area contributed by atoms with E-state index >= 15 is 0 Å². The number of anilines is 1. The van der Waals surface area contributed by atoms with Crippen LogP contribution < -0.4 is 9.64 Å². The van der Waals surface area contributed by atoms with Crippen molar-refractivity contribution < 1.29 is 9.53 Å². The van der Waals surface area contributed by atoms with E-state index in [1.807, 2.05) is 60.4 Å². The maximum absolute atomic E-state index is 12.3. The first-order valence-electron chi connectivity index (χ1n) is 8.38. The molecule has 5 nitrogen and oxygen atoms in total. The standard InChI is InChI=1S/C20H21N3O2/c1-16-6-8-18(9-7-16)25-15-20(24)23-12-10-22(11-13-23)19-5-3-2-4-17(19)14-21/h2-9H,10-13,15H2,1H3. The molecule has 1 aliphatic heterocycles. The van der Waals surface area contributed by atoms with Gasteiger partial charge in [0.2, 0.25) is 0 Å². The van der Waals surface area contributed by atoms with Gasteiger partial charge in [-0.25, -0.2) is 0 Å². The highest BCUT2D eigenvalue weighted by atomic mass is 16.5. The molecule has 1 heterocycles. The SMILES string of the molecule is Cc1ccc(OCC(=O)N2CCN(c3ccccc3C#N)CC2)cc1. The molecule has 0 atom stereocenters. The fourth-order valence-electron chi connectivity index (χ4n) is 2.91. The minimum absolute atomic E-state index is 0.00575. The van der Waals surface area contributed by atoms with Gasteiger partial charge < -0.3 is 14.5 Å². The molecular weight excluding hydrogens is 314 g/mol. The molecule has 0 spiro atoms. The van der Waals surface area contributed by atoms with Crippen molar-refractivity contribution in [3.63, 3.8) is 0 Å². The second-order valence-electron chi connectivity index (χ2n) is 6.10. The van der Waals surface area contributed by atoms with Crippen LogP contribution in [0.4, 0.5) is 5.69 Å². The quantitative estimate of drug-likeness (QED) is 0.862. The third-order valence-electron chi connectivity index (χ3n) is 4.38. The topological polar surface area (TPSA) is 56.6 Å². The van der Waals surface area contributed by atoms with Crippen molar-refractivity contribution in [2.45, 2.75) is 6.92 Å². The number of nitrogens with zero attached hydrogens (tertiary/aromatic N) is 3. The first-order chi connectivity index (χ1) is 12.2. The predicted octanol–water partition coefficient (Wildman–Crippen LogP) is 2.59. The Labute approximate surface area is 148 Å². The lowest BCUT2D eigenvalue weighted by molar-refractivity contribution is -0.133. The van der Waals surface area contributed by atoms with Crippen molar-refractivity contribution in [1.82, 2.24) is 4.90 Å². The van der Waals surface area contributed by atoms with E-state index in [4.69, 9.17) is 4.74 Å². The van der Waals surface area contributed by atoms with Gasteiger partial charge in [0.15, 0.2) is 6.61 Å². The zero-order valence-corrected chi connectivity index (χ0v) is 14.3. The normalized spacial score (nSPS) is 14.1. The molecule has 0 saturated carbocycles. The van der Waals surface area contributed by atoms with E-state index in [1.165, 1.54) is 0 Å². The van der Waals surface area contributed by atoms with Crippen LogP contribution >= 0.6 is 0 Å². The molecule has 1 aliphatic rings. The van der Waals surface area contributed by atoms with Crippen LogP contribution in [0.25, 0.3) is 0 Å². The van der Waals surface area contributed by atoms with Crippen LogP contribution in [0.2, 0.25) is 0 Å². The Bertz CT molecular complexity index is 772. The third-order valence-corrected chi connectivity index (χ3v) is 4.38. The number of amides is 1. The summed E-state index contributed by atoms with van der Waals surface area (Å²) in [6.45, 7) is 4.77. The summed E-state index contributed by atoms with van der Waals surface area (Å²) in [6, 6.07) is 17.5. The molecule has 1 fully saturated rings. The van der Waals surface area contributed by atoms with E-state index in [-0.39, 0.29) is 12.5 Å². The zero-order valence-electron chi connectivity index (χ0n) is 14.3. The van der Waals surface area contributed by atoms with Crippen LogP contribution in [-0.4, -0.2) is 43.6 Å². The summed E-state index contributed by atoms with van der Waals surface area (Å²) < 4.78 is 5.58. The molecular formula is C20H21N3O2. The lowest BCUT2D eigenvalue weighted by Crippen LogP contribution is -2.50. The number of para-hydroxylation sites is 1. The molecule has 0 bridgehead atoms. The molecule has 1 amide bonds. The number of nitriles is 1. The van der Waals surface area contributed by atoms with Gasteiger partial charge in [0.05, 0.1) is 11.3 Å². The molecule has 0 aliphatic carbocycles. The average Bonchev–Trinajstić information content (AvgIpc) is 2.67. The summed E-state index contributed by atoms with van der Waals surface area (Å²) in [4.78, 5) is 16.3. The molecule has 0 radical (unpaired) electrons. The number of rotatable bonds is 4. The highest BCUT2D eigenvalue weighted by molar-refractivity contribution is 5.78. The third kappa shape index (κ3) is 4.10. The number of carbonyl (C=O) groups is 1. The van der Waals surface area contributed by atoms with Gasteiger partial charge in [-0.15, -0.1) is 0 Å². The lowest BCUT2D eigenvalue weighted by Gasteiger charge is -2.36. The van der Waals surface area contributed by atoms with Crippen LogP contribution in [0.1, 0.15) is 11.1 Å². The van der Waals surface area contributed by atoms with E-state index in [0.29, 0.717) is 24.4 Å².